The lowest BCUT2D eigenvalue weighted by atomic mass is 10.0. The van der Waals surface area contributed by atoms with Crippen molar-refractivity contribution in [2.75, 3.05) is 26.2 Å². The lowest BCUT2D eigenvalue weighted by Crippen LogP contribution is -2.44. The van der Waals surface area contributed by atoms with Gasteiger partial charge in [-0.2, -0.15) is 0 Å². The molecule has 3 rings (SSSR count). The molecule has 0 aliphatic carbocycles. The predicted molar refractivity (Wildman–Crippen MR) is 122 cm³/mol. The number of hydrogen-bond acceptors (Lipinski definition) is 4. The Bertz CT molecular complexity index is 873. The van der Waals surface area contributed by atoms with Crippen molar-refractivity contribution in [3.8, 4) is 5.75 Å². The fourth-order valence-corrected chi connectivity index (χ4v) is 3.77. The van der Waals surface area contributed by atoms with Gasteiger partial charge in [-0.15, -0.1) is 0 Å². The van der Waals surface area contributed by atoms with Gasteiger partial charge in [0, 0.05) is 13.1 Å². The number of nitrogens with one attached hydrogen (secondary N) is 2. The van der Waals surface area contributed by atoms with Crippen molar-refractivity contribution >= 4 is 17.7 Å². The van der Waals surface area contributed by atoms with E-state index in [1.54, 1.807) is 17.0 Å². The summed E-state index contributed by atoms with van der Waals surface area (Å²) in [4.78, 5) is 39.6. The molecule has 1 fully saturated rings. The van der Waals surface area contributed by atoms with E-state index in [2.05, 4.69) is 10.6 Å². The molecule has 1 aliphatic heterocycles. The highest BCUT2D eigenvalue weighted by Crippen LogP contribution is 2.25. The number of rotatable bonds is 6. The molecule has 0 saturated carbocycles. The van der Waals surface area contributed by atoms with Gasteiger partial charge in [0.2, 0.25) is 11.8 Å². The molecule has 170 valence electrons. The van der Waals surface area contributed by atoms with Crippen LogP contribution in [0.4, 0.5) is 0 Å². The largest absolute Gasteiger partial charge is 0.484 e. The van der Waals surface area contributed by atoms with Gasteiger partial charge in [-0.25, -0.2) is 0 Å². The molecule has 2 aromatic carbocycles. The molecule has 1 saturated heterocycles. The van der Waals surface area contributed by atoms with Crippen LogP contribution in [0.2, 0.25) is 0 Å². The van der Waals surface area contributed by atoms with Crippen LogP contribution in [-0.2, 0) is 14.4 Å². The molecule has 2 aromatic rings. The van der Waals surface area contributed by atoms with E-state index >= 15 is 0 Å². The molecule has 3 amide bonds. The van der Waals surface area contributed by atoms with E-state index < -0.39 is 0 Å². The lowest BCUT2D eigenvalue weighted by Gasteiger charge is -2.32. The zero-order chi connectivity index (χ0) is 22.6. The second-order valence-corrected chi connectivity index (χ2v) is 7.86. The Morgan fingerprint density at radius 1 is 0.969 bits per heavy atom. The topological polar surface area (TPSA) is 87.7 Å². The van der Waals surface area contributed by atoms with Crippen LogP contribution in [-0.4, -0.2) is 48.9 Å². The van der Waals surface area contributed by atoms with Crippen LogP contribution >= 0.6 is 0 Å². The number of amides is 3. The van der Waals surface area contributed by atoms with Crippen LogP contribution in [0.25, 0.3) is 0 Å². The van der Waals surface area contributed by atoms with Crippen molar-refractivity contribution in [1.29, 1.82) is 0 Å². The summed E-state index contributed by atoms with van der Waals surface area (Å²) in [7, 11) is 0. The molecule has 1 atom stereocenters. The number of carbonyl (C=O) groups is 3. The normalized spacial score (nSPS) is 17.6. The highest BCUT2D eigenvalue weighted by atomic mass is 16.5. The quantitative estimate of drug-likeness (QED) is 0.728. The fourth-order valence-electron chi connectivity index (χ4n) is 3.77. The van der Waals surface area contributed by atoms with Crippen molar-refractivity contribution < 1.29 is 19.1 Å². The minimum Gasteiger partial charge on any atom is -0.484 e. The third-order valence-corrected chi connectivity index (χ3v) is 5.46. The highest BCUT2D eigenvalue weighted by Gasteiger charge is 2.27. The van der Waals surface area contributed by atoms with Crippen molar-refractivity contribution in [2.45, 2.75) is 38.1 Å². The van der Waals surface area contributed by atoms with E-state index in [0.29, 0.717) is 18.8 Å². The van der Waals surface area contributed by atoms with Crippen LogP contribution in [0.5, 0.6) is 5.75 Å². The van der Waals surface area contributed by atoms with E-state index in [1.807, 2.05) is 48.5 Å². The molecule has 1 aliphatic rings. The van der Waals surface area contributed by atoms with Gasteiger partial charge in [0.1, 0.15) is 5.75 Å². The summed E-state index contributed by atoms with van der Waals surface area (Å²) in [5.74, 6) is -0.0526. The maximum Gasteiger partial charge on any atom is 0.258 e. The summed E-state index contributed by atoms with van der Waals surface area (Å²) in [5, 5.41) is 5.61. The zero-order valence-electron chi connectivity index (χ0n) is 18.3. The third-order valence-electron chi connectivity index (χ3n) is 5.46. The first kappa shape index (κ1) is 23.3. The first-order valence-electron chi connectivity index (χ1n) is 11.2. The number of para-hydroxylation sites is 1. The van der Waals surface area contributed by atoms with Gasteiger partial charge >= 0.3 is 0 Å². The number of hydrogen-bond donors (Lipinski definition) is 2. The predicted octanol–water partition coefficient (Wildman–Crippen LogP) is 2.83. The summed E-state index contributed by atoms with van der Waals surface area (Å²) >= 11 is 0. The van der Waals surface area contributed by atoms with Crippen LogP contribution in [0.3, 0.4) is 0 Å². The Morgan fingerprint density at radius 3 is 2.41 bits per heavy atom. The minimum absolute atomic E-state index is 0.0705. The average molecular weight is 438 g/mol. The molecule has 0 aromatic heterocycles. The number of nitrogens with zero attached hydrogens (tertiary/aromatic N) is 1. The van der Waals surface area contributed by atoms with Gasteiger partial charge < -0.3 is 20.3 Å². The van der Waals surface area contributed by atoms with E-state index in [4.69, 9.17) is 4.74 Å². The maximum atomic E-state index is 13.2. The Balaban J connectivity index is 1.65. The van der Waals surface area contributed by atoms with Gasteiger partial charge in [-0.05, 0) is 30.5 Å². The molecule has 0 bridgehead atoms. The summed E-state index contributed by atoms with van der Waals surface area (Å²) in [6.07, 6.45) is 3.98. The zero-order valence-corrected chi connectivity index (χ0v) is 18.3. The fraction of sp³-hybridized carbons (Fsp3) is 0.400. The molecular weight excluding hydrogens is 406 g/mol. The van der Waals surface area contributed by atoms with E-state index in [9.17, 15) is 14.4 Å². The molecule has 1 heterocycles. The summed E-state index contributed by atoms with van der Waals surface area (Å²) in [6, 6.07) is 18.3. The summed E-state index contributed by atoms with van der Waals surface area (Å²) in [5.41, 5.74) is 0.911. The van der Waals surface area contributed by atoms with Crippen molar-refractivity contribution in [2.24, 2.45) is 0 Å². The third kappa shape index (κ3) is 7.41. The Morgan fingerprint density at radius 2 is 1.66 bits per heavy atom. The van der Waals surface area contributed by atoms with Crippen molar-refractivity contribution in [3.63, 3.8) is 0 Å². The Kier molecular flexibility index (Phi) is 9.10. The SMILES string of the molecule is O=C(COc1ccccc1)NCC(=O)N1CCCCCCNC(=O)CC1c1ccccc1. The van der Waals surface area contributed by atoms with E-state index in [1.165, 1.54) is 0 Å². The van der Waals surface area contributed by atoms with Gasteiger partial charge in [-0.1, -0.05) is 61.4 Å². The van der Waals surface area contributed by atoms with Crippen molar-refractivity contribution in [1.82, 2.24) is 15.5 Å². The van der Waals surface area contributed by atoms with E-state index in [-0.39, 0.29) is 43.3 Å². The van der Waals surface area contributed by atoms with Gasteiger partial charge in [0.15, 0.2) is 6.61 Å². The molecule has 0 spiro atoms. The molecular formula is C25H31N3O4. The Hall–Kier alpha value is -3.35. The van der Waals surface area contributed by atoms with Crippen molar-refractivity contribution in [3.05, 3.63) is 66.2 Å². The molecule has 0 radical (unpaired) electrons. The van der Waals surface area contributed by atoms with Gasteiger partial charge in [0.25, 0.3) is 5.91 Å². The van der Waals surface area contributed by atoms with Crippen LogP contribution in [0.1, 0.15) is 43.7 Å². The molecule has 1 unspecified atom stereocenters. The maximum absolute atomic E-state index is 13.2. The summed E-state index contributed by atoms with van der Waals surface area (Å²) in [6.45, 7) is 0.900. The standard InChI is InChI=1S/C25H31N3O4/c29-23-17-22(20-11-5-3-6-12-20)28(16-10-2-1-9-15-26-23)25(31)18-27-24(30)19-32-21-13-7-4-8-14-21/h3-8,11-14,22H,1-2,9-10,15-19H2,(H,26,29)(H,27,30). The number of benzene rings is 2. The molecule has 2 N–H and O–H groups in total. The second-order valence-electron chi connectivity index (χ2n) is 7.86. The average Bonchev–Trinajstić information content (AvgIpc) is 2.87. The first-order chi connectivity index (χ1) is 15.6. The van der Waals surface area contributed by atoms with Gasteiger partial charge in [-0.3, -0.25) is 14.4 Å². The molecule has 7 nitrogen and oxygen atoms in total. The Labute approximate surface area is 189 Å². The van der Waals surface area contributed by atoms with Crippen LogP contribution in [0.15, 0.2) is 60.7 Å². The summed E-state index contributed by atoms with van der Waals surface area (Å²) < 4.78 is 5.44. The molecule has 32 heavy (non-hydrogen) atoms. The second kappa shape index (κ2) is 12.5. The van der Waals surface area contributed by atoms with E-state index in [0.717, 1.165) is 31.2 Å². The first-order valence-corrected chi connectivity index (χ1v) is 11.2. The van der Waals surface area contributed by atoms with Crippen LogP contribution < -0.4 is 15.4 Å². The van der Waals surface area contributed by atoms with Gasteiger partial charge in [0.05, 0.1) is 19.0 Å². The highest BCUT2D eigenvalue weighted by molar-refractivity contribution is 5.86. The minimum atomic E-state index is -0.376. The number of ether oxygens (including phenoxy) is 1. The lowest BCUT2D eigenvalue weighted by molar-refractivity contribution is -0.136. The monoisotopic (exact) mass is 437 g/mol. The molecule has 7 heteroatoms. The smallest absolute Gasteiger partial charge is 0.258 e. The number of carbonyl (C=O) groups excluding carboxylic acids is 3. The van der Waals surface area contributed by atoms with Crippen LogP contribution in [0, 0.1) is 0 Å².